The molecule has 0 aliphatic rings. The number of benzene rings is 1. The maximum atomic E-state index is 12.0. The highest BCUT2D eigenvalue weighted by molar-refractivity contribution is 9.10. The molecule has 0 bridgehead atoms. The van der Waals surface area contributed by atoms with Crippen LogP contribution in [-0.2, 0) is 18.4 Å². The Hall–Kier alpha value is -1.85. The number of hydrogen-bond donors (Lipinski definition) is 2. The van der Waals surface area contributed by atoms with Gasteiger partial charge in [-0.05, 0) is 55.8 Å². The normalized spacial score (nSPS) is 11.4. The van der Waals surface area contributed by atoms with Crippen LogP contribution in [0.2, 0.25) is 0 Å². The van der Waals surface area contributed by atoms with E-state index in [2.05, 4.69) is 42.1 Å². The van der Waals surface area contributed by atoms with E-state index in [4.69, 9.17) is 9.47 Å². The summed E-state index contributed by atoms with van der Waals surface area (Å²) in [7, 11) is 1.82. The van der Waals surface area contributed by atoms with E-state index >= 15 is 0 Å². The van der Waals surface area contributed by atoms with Crippen LogP contribution in [0.5, 0.6) is 11.5 Å². The number of nitrogens with zero attached hydrogens (tertiary/aromatic N) is 4. The topological polar surface area (TPSA) is 103 Å². The summed E-state index contributed by atoms with van der Waals surface area (Å²) < 4.78 is 14.0. The van der Waals surface area contributed by atoms with Crippen molar-refractivity contribution >= 4 is 33.6 Å². The molecular weight excluding hydrogens is 472 g/mol. The van der Waals surface area contributed by atoms with Crippen molar-refractivity contribution in [3.63, 3.8) is 0 Å². The highest BCUT2D eigenvalue weighted by Gasteiger charge is 2.16. The van der Waals surface area contributed by atoms with Gasteiger partial charge in [0.2, 0.25) is 5.16 Å². The Morgan fingerprint density at radius 2 is 2.00 bits per heavy atom. The first-order valence-electron chi connectivity index (χ1n) is 9.64. The average Bonchev–Trinajstić information content (AvgIpc) is 3.06. The molecule has 1 aromatic carbocycles. The number of rotatable bonds is 11. The van der Waals surface area contributed by atoms with Gasteiger partial charge in [-0.2, -0.15) is 0 Å². The molecule has 0 spiro atoms. The lowest BCUT2D eigenvalue weighted by Gasteiger charge is -2.21. The van der Waals surface area contributed by atoms with Gasteiger partial charge < -0.3 is 20.1 Å². The quantitative estimate of drug-likeness (QED) is 0.358. The molecule has 0 fully saturated rings. The van der Waals surface area contributed by atoms with Crippen molar-refractivity contribution in [3.8, 4) is 11.5 Å². The molecule has 0 saturated carbocycles. The molecule has 2 N–H and O–H groups in total. The fourth-order valence-corrected chi connectivity index (χ4v) is 3.68. The molecule has 0 radical (unpaired) electrons. The van der Waals surface area contributed by atoms with Crippen LogP contribution in [0.15, 0.2) is 21.8 Å². The summed E-state index contributed by atoms with van der Waals surface area (Å²) in [4.78, 5) is 12.0. The average molecular weight is 501 g/mol. The van der Waals surface area contributed by atoms with E-state index in [1.807, 2.05) is 46.9 Å². The van der Waals surface area contributed by atoms with Gasteiger partial charge in [-0.1, -0.05) is 27.7 Å². The Balaban J connectivity index is 1.91. The number of amides is 1. The zero-order valence-electron chi connectivity index (χ0n) is 18.0. The fraction of sp³-hybridized carbons (Fsp3) is 0.579. The van der Waals surface area contributed by atoms with Crippen molar-refractivity contribution in [2.24, 2.45) is 7.05 Å². The smallest absolute Gasteiger partial charge is 0.258 e. The Labute approximate surface area is 189 Å². The number of thioether (sulfide) groups is 1. The van der Waals surface area contributed by atoms with Gasteiger partial charge in [-0.3, -0.25) is 4.79 Å². The number of nitrogens with one attached hydrogen (secondary N) is 2. The van der Waals surface area contributed by atoms with E-state index < -0.39 is 0 Å². The minimum Gasteiger partial charge on any atom is -0.490 e. The molecular formula is C19H29BrN6O3S. The third-order valence-corrected chi connectivity index (χ3v) is 5.44. The molecule has 166 valence electrons. The van der Waals surface area contributed by atoms with E-state index in [-0.39, 0.29) is 18.1 Å². The van der Waals surface area contributed by atoms with E-state index in [0.717, 1.165) is 27.5 Å². The number of aryl methyl sites for hydroxylation is 1. The zero-order valence-corrected chi connectivity index (χ0v) is 20.4. The second-order valence-corrected chi connectivity index (χ2v) is 9.44. The van der Waals surface area contributed by atoms with Gasteiger partial charge in [0.05, 0.1) is 6.61 Å². The standard InChI is InChI=1S/C19H29BrN6O3S/c1-6-28-15-9-13(11-21-7-8-30-18-23-24-25-26(18)5)14(20)10-16(15)29-12-17(27)22-19(2,3)4/h9-10,21H,6-8,11-12H2,1-5H3,(H,22,27). The van der Waals surface area contributed by atoms with Crippen LogP contribution in [-0.4, -0.2) is 57.2 Å². The number of aromatic nitrogens is 4. The van der Waals surface area contributed by atoms with Gasteiger partial charge in [0, 0.05) is 35.9 Å². The maximum Gasteiger partial charge on any atom is 0.258 e. The van der Waals surface area contributed by atoms with Crippen molar-refractivity contribution in [3.05, 3.63) is 22.2 Å². The van der Waals surface area contributed by atoms with Crippen LogP contribution in [0.4, 0.5) is 0 Å². The van der Waals surface area contributed by atoms with Gasteiger partial charge in [-0.15, -0.1) is 5.10 Å². The molecule has 11 heteroatoms. The molecule has 0 unspecified atom stereocenters. The predicted octanol–water partition coefficient (Wildman–Crippen LogP) is 2.55. The highest BCUT2D eigenvalue weighted by atomic mass is 79.9. The third-order valence-electron chi connectivity index (χ3n) is 3.69. The van der Waals surface area contributed by atoms with Gasteiger partial charge in [0.1, 0.15) is 0 Å². The Bertz CT molecular complexity index is 840. The largest absolute Gasteiger partial charge is 0.490 e. The Morgan fingerprint density at radius 1 is 1.27 bits per heavy atom. The SMILES string of the molecule is CCOc1cc(CNCCSc2nnnn2C)c(Br)cc1OCC(=O)NC(C)(C)C. The van der Waals surface area contributed by atoms with Crippen molar-refractivity contribution < 1.29 is 14.3 Å². The molecule has 0 aliphatic carbocycles. The molecule has 9 nitrogen and oxygen atoms in total. The molecule has 30 heavy (non-hydrogen) atoms. The lowest BCUT2D eigenvalue weighted by atomic mass is 10.1. The zero-order chi connectivity index (χ0) is 22.1. The molecule has 1 amide bonds. The second-order valence-electron chi connectivity index (χ2n) is 7.52. The maximum absolute atomic E-state index is 12.0. The van der Waals surface area contributed by atoms with Crippen LogP contribution < -0.4 is 20.1 Å². The van der Waals surface area contributed by atoms with Crippen molar-refractivity contribution in [1.29, 1.82) is 0 Å². The summed E-state index contributed by atoms with van der Waals surface area (Å²) >= 11 is 5.18. The van der Waals surface area contributed by atoms with Crippen molar-refractivity contribution in [2.75, 3.05) is 25.5 Å². The minimum atomic E-state index is -0.305. The van der Waals surface area contributed by atoms with E-state index in [1.54, 1.807) is 16.4 Å². The molecule has 2 rings (SSSR count). The van der Waals surface area contributed by atoms with E-state index in [1.165, 1.54) is 0 Å². The molecule has 0 aliphatic heterocycles. The van der Waals surface area contributed by atoms with Crippen LogP contribution >= 0.6 is 27.7 Å². The number of halogens is 1. The molecule has 1 heterocycles. The lowest BCUT2D eigenvalue weighted by molar-refractivity contribution is -0.124. The number of tetrazole rings is 1. The van der Waals surface area contributed by atoms with Crippen molar-refractivity contribution in [1.82, 2.24) is 30.8 Å². The van der Waals surface area contributed by atoms with Gasteiger partial charge >= 0.3 is 0 Å². The van der Waals surface area contributed by atoms with E-state index in [0.29, 0.717) is 24.7 Å². The summed E-state index contributed by atoms with van der Waals surface area (Å²) in [6.07, 6.45) is 0. The fourth-order valence-electron chi connectivity index (χ4n) is 2.47. The van der Waals surface area contributed by atoms with Crippen LogP contribution in [0.3, 0.4) is 0 Å². The second kappa shape index (κ2) is 11.5. The molecule has 2 aromatic rings. The number of carbonyl (C=O) groups is 1. The summed E-state index contributed by atoms with van der Waals surface area (Å²) in [5.74, 6) is 1.80. The summed E-state index contributed by atoms with van der Waals surface area (Å²) in [6, 6.07) is 3.77. The van der Waals surface area contributed by atoms with E-state index in [9.17, 15) is 4.79 Å². The molecule has 1 aromatic heterocycles. The molecule has 0 saturated heterocycles. The Kier molecular flexibility index (Phi) is 9.37. The number of carbonyl (C=O) groups excluding carboxylic acids is 1. The third kappa shape index (κ3) is 8.11. The number of ether oxygens (including phenoxy) is 2. The Morgan fingerprint density at radius 3 is 2.63 bits per heavy atom. The van der Waals surface area contributed by atoms with Gasteiger partial charge in [-0.25, -0.2) is 4.68 Å². The predicted molar refractivity (Wildman–Crippen MR) is 120 cm³/mol. The first kappa shape index (κ1) is 24.4. The van der Waals surface area contributed by atoms with Crippen LogP contribution in [0.25, 0.3) is 0 Å². The van der Waals surface area contributed by atoms with Crippen LogP contribution in [0, 0.1) is 0 Å². The summed E-state index contributed by atoms with van der Waals surface area (Å²) in [6.45, 7) is 9.57. The minimum absolute atomic E-state index is 0.0739. The lowest BCUT2D eigenvalue weighted by Crippen LogP contribution is -2.43. The highest BCUT2D eigenvalue weighted by Crippen LogP contribution is 2.34. The first-order chi connectivity index (χ1) is 14.2. The monoisotopic (exact) mass is 500 g/mol. The summed E-state index contributed by atoms with van der Waals surface area (Å²) in [5.41, 5.74) is 0.733. The molecule has 0 atom stereocenters. The first-order valence-corrected chi connectivity index (χ1v) is 11.4. The summed E-state index contributed by atoms with van der Waals surface area (Å²) in [5, 5.41) is 18.4. The van der Waals surface area contributed by atoms with Gasteiger partial charge in [0.15, 0.2) is 18.1 Å². The van der Waals surface area contributed by atoms with Crippen LogP contribution in [0.1, 0.15) is 33.3 Å². The number of hydrogen-bond acceptors (Lipinski definition) is 8. The van der Waals surface area contributed by atoms with Crippen molar-refractivity contribution in [2.45, 2.75) is 44.9 Å². The van der Waals surface area contributed by atoms with Gasteiger partial charge in [0.25, 0.3) is 5.91 Å².